The molecule has 3 N–H and O–H groups in total. The number of hydrogen-bond donors (Lipinski definition) is 3. The molecule has 3 nitrogen and oxygen atoms in total. The maximum absolute atomic E-state index is 9.81. The van der Waals surface area contributed by atoms with Crippen molar-refractivity contribution < 1.29 is 5.11 Å². The average Bonchev–Trinajstić information content (AvgIpc) is 2.36. The molecule has 0 aromatic heterocycles. The summed E-state index contributed by atoms with van der Waals surface area (Å²) in [6.07, 6.45) is 0. The molecule has 0 amide bonds. The minimum Gasteiger partial charge on any atom is -0.506 e. The Bertz CT molecular complexity index is 611. The molecule has 19 heavy (non-hydrogen) atoms. The van der Waals surface area contributed by atoms with Gasteiger partial charge in [-0.1, -0.05) is 24.3 Å². The van der Waals surface area contributed by atoms with Crippen LogP contribution in [-0.2, 0) is 0 Å². The lowest BCUT2D eigenvalue weighted by molar-refractivity contribution is 0.477. The van der Waals surface area contributed by atoms with Crippen molar-refractivity contribution in [1.82, 2.24) is 0 Å². The Balaban J connectivity index is 2.08. The zero-order valence-corrected chi connectivity index (χ0v) is 11.7. The van der Waals surface area contributed by atoms with Crippen LogP contribution in [0.4, 0.5) is 11.4 Å². The van der Waals surface area contributed by atoms with Crippen LogP contribution < -0.4 is 10.6 Å². The van der Waals surface area contributed by atoms with Gasteiger partial charge in [-0.3, -0.25) is 0 Å². The Morgan fingerprint density at radius 1 is 1.00 bits per heavy atom. The molecule has 0 aliphatic carbocycles. The van der Waals surface area contributed by atoms with E-state index in [9.17, 15) is 5.11 Å². The van der Waals surface area contributed by atoms with Crippen LogP contribution in [0, 0.1) is 13.8 Å². The van der Waals surface area contributed by atoms with Crippen molar-refractivity contribution in [3.05, 3.63) is 53.6 Å². The first-order valence-electron chi connectivity index (χ1n) is 5.99. The van der Waals surface area contributed by atoms with Crippen molar-refractivity contribution in [3.63, 3.8) is 0 Å². The van der Waals surface area contributed by atoms with Gasteiger partial charge in [-0.2, -0.15) is 0 Å². The molecule has 0 fully saturated rings. The second-order valence-corrected chi connectivity index (χ2v) is 4.82. The molecule has 4 heteroatoms. The van der Waals surface area contributed by atoms with Crippen molar-refractivity contribution in [3.8, 4) is 5.75 Å². The number of rotatable bonds is 2. The monoisotopic (exact) mass is 272 g/mol. The van der Waals surface area contributed by atoms with E-state index in [4.69, 9.17) is 12.2 Å². The number of thiocarbonyl (C=S) groups is 1. The first-order valence-corrected chi connectivity index (χ1v) is 6.40. The van der Waals surface area contributed by atoms with Gasteiger partial charge in [0.15, 0.2) is 5.11 Å². The SMILES string of the molecule is Cc1ccc(NC(=S)Nc2ccccc2C)c(O)c1. The summed E-state index contributed by atoms with van der Waals surface area (Å²) in [6, 6.07) is 13.3. The van der Waals surface area contributed by atoms with Crippen LogP contribution >= 0.6 is 12.2 Å². The van der Waals surface area contributed by atoms with Crippen LogP contribution in [0.5, 0.6) is 5.75 Å². The standard InChI is InChI=1S/C15H16N2OS/c1-10-7-8-13(14(18)9-10)17-15(19)16-12-6-4-3-5-11(12)2/h3-9,18H,1-2H3,(H2,16,17,19). The normalized spacial score (nSPS) is 10.0. The number of phenols is 1. The van der Waals surface area contributed by atoms with E-state index < -0.39 is 0 Å². The highest BCUT2D eigenvalue weighted by Crippen LogP contribution is 2.24. The largest absolute Gasteiger partial charge is 0.506 e. The van der Waals surface area contributed by atoms with Crippen molar-refractivity contribution >= 4 is 28.7 Å². The van der Waals surface area contributed by atoms with Crippen LogP contribution in [-0.4, -0.2) is 10.2 Å². The predicted molar refractivity (Wildman–Crippen MR) is 83.9 cm³/mol. The van der Waals surface area contributed by atoms with Gasteiger partial charge in [-0.05, 0) is 55.4 Å². The number of anilines is 2. The maximum Gasteiger partial charge on any atom is 0.175 e. The highest BCUT2D eigenvalue weighted by molar-refractivity contribution is 7.80. The third-order valence-corrected chi connectivity index (χ3v) is 3.00. The van der Waals surface area contributed by atoms with Gasteiger partial charge in [-0.25, -0.2) is 0 Å². The Kier molecular flexibility index (Phi) is 4.02. The van der Waals surface area contributed by atoms with Crippen LogP contribution in [0.15, 0.2) is 42.5 Å². The molecule has 0 aliphatic heterocycles. The summed E-state index contributed by atoms with van der Waals surface area (Å²) in [4.78, 5) is 0. The fourth-order valence-corrected chi connectivity index (χ4v) is 1.96. The topological polar surface area (TPSA) is 44.3 Å². The molecule has 0 bridgehead atoms. The van der Waals surface area contributed by atoms with E-state index in [0.717, 1.165) is 16.8 Å². The van der Waals surface area contributed by atoms with Crippen molar-refractivity contribution in [2.75, 3.05) is 10.6 Å². The molecular weight excluding hydrogens is 256 g/mol. The minimum absolute atomic E-state index is 0.189. The molecule has 0 spiro atoms. The predicted octanol–water partition coefficient (Wildman–Crippen LogP) is 3.82. The lowest BCUT2D eigenvalue weighted by Gasteiger charge is -2.13. The second kappa shape index (κ2) is 5.71. The molecule has 0 heterocycles. The molecule has 2 rings (SSSR count). The quantitative estimate of drug-likeness (QED) is 0.574. The Morgan fingerprint density at radius 3 is 2.37 bits per heavy atom. The van der Waals surface area contributed by atoms with E-state index in [1.807, 2.05) is 44.2 Å². The molecule has 2 aromatic rings. The molecule has 0 radical (unpaired) electrons. The van der Waals surface area contributed by atoms with E-state index in [1.165, 1.54) is 0 Å². The van der Waals surface area contributed by atoms with Gasteiger partial charge in [0, 0.05) is 5.69 Å². The molecule has 2 aromatic carbocycles. The highest BCUT2D eigenvalue weighted by Gasteiger charge is 2.04. The molecule has 0 atom stereocenters. The number of nitrogens with one attached hydrogen (secondary N) is 2. The number of benzene rings is 2. The van der Waals surface area contributed by atoms with Gasteiger partial charge in [0.25, 0.3) is 0 Å². The first kappa shape index (κ1) is 13.4. The Labute approximate surface area is 118 Å². The summed E-state index contributed by atoms with van der Waals surface area (Å²) >= 11 is 5.24. The average molecular weight is 272 g/mol. The molecule has 0 aliphatic rings. The summed E-state index contributed by atoms with van der Waals surface area (Å²) < 4.78 is 0. The molecule has 0 unspecified atom stereocenters. The number of aromatic hydroxyl groups is 1. The van der Waals surface area contributed by atoms with Crippen LogP contribution in [0.3, 0.4) is 0 Å². The van der Waals surface area contributed by atoms with Gasteiger partial charge in [0.1, 0.15) is 5.75 Å². The zero-order chi connectivity index (χ0) is 13.8. The number of phenolic OH excluding ortho intramolecular Hbond substituents is 1. The molecule has 0 saturated carbocycles. The van der Waals surface area contributed by atoms with E-state index in [-0.39, 0.29) is 5.75 Å². The van der Waals surface area contributed by atoms with Crippen molar-refractivity contribution in [2.45, 2.75) is 13.8 Å². The summed E-state index contributed by atoms with van der Waals surface area (Å²) in [5.41, 5.74) is 3.66. The molecule has 98 valence electrons. The lowest BCUT2D eigenvalue weighted by atomic mass is 10.2. The van der Waals surface area contributed by atoms with Gasteiger partial charge in [0.2, 0.25) is 0 Å². The van der Waals surface area contributed by atoms with Gasteiger partial charge in [-0.15, -0.1) is 0 Å². The molecule has 0 saturated heterocycles. The summed E-state index contributed by atoms with van der Waals surface area (Å²) in [7, 11) is 0. The van der Waals surface area contributed by atoms with Crippen molar-refractivity contribution in [2.24, 2.45) is 0 Å². The van der Waals surface area contributed by atoms with Gasteiger partial charge < -0.3 is 15.7 Å². The summed E-state index contributed by atoms with van der Waals surface area (Å²) in [5, 5.41) is 16.4. The Morgan fingerprint density at radius 2 is 1.68 bits per heavy atom. The van der Waals surface area contributed by atoms with Crippen LogP contribution in [0.1, 0.15) is 11.1 Å². The van der Waals surface area contributed by atoms with Gasteiger partial charge >= 0.3 is 0 Å². The lowest BCUT2D eigenvalue weighted by Crippen LogP contribution is -2.19. The highest BCUT2D eigenvalue weighted by atomic mass is 32.1. The zero-order valence-electron chi connectivity index (χ0n) is 10.9. The maximum atomic E-state index is 9.81. The summed E-state index contributed by atoms with van der Waals surface area (Å²) in [5.74, 6) is 0.189. The van der Waals surface area contributed by atoms with E-state index in [2.05, 4.69) is 10.6 Å². The fourth-order valence-electron chi connectivity index (χ4n) is 1.74. The smallest absolute Gasteiger partial charge is 0.175 e. The van der Waals surface area contributed by atoms with E-state index in [0.29, 0.717) is 10.8 Å². The summed E-state index contributed by atoms with van der Waals surface area (Å²) in [6.45, 7) is 3.93. The molecular formula is C15H16N2OS. The number of hydrogen-bond acceptors (Lipinski definition) is 2. The fraction of sp³-hybridized carbons (Fsp3) is 0.133. The minimum atomic E-state index is 0.189. The Hall–Kier alpha value is -2.07. The third kappa shape index (κ3) is 3.45. The number of aryl methyl sites for hydroxylation is 2. The van der Waals surface area contributed by atoms with E-state index >= 15 is 0 Å². The van der Waals surface area contributed by atoms with E-state index in [1.54, 1.807) is 12.1 Å². The third-order valence-electron chi connectivity index (χ3n) is 2.79. The first-order chi connectivity index (χ1) is 9.06. The van der Waals surface area contributed by atoms with Crippen LogP contribution in [0.2, 0.25) is 0 Å². The number of para-hydroxylation sites is 1. The van der Waals surface area contributed by atoms with Crippen molar-refractivity contribution in [1.29, 1.82) is 0 Å². The van der Waals surface area contributed by atoms with Gasteiger partial charge in [0.05, 0.1) is 5.69 Å². The second-order valence-electron chi connectivity index (χ2n) is 4.41. The van der Waals surface area contributed by atoms with Crippen LogP contribution in [0.25, 0.3) is 0 Å².